The van der Waals surface area contributed by atoms with Crippen LogP contribution in [0.3, 0.4) is 0 Å². The number of hydrogen-bond acceptors (Lipinski definition) is 4. The second kappa shape index (κ2) is 8.31. The molecule has 1 aromatic heterocycles. The Bertz CT molecular complexity index is 607. The molecular formula is C16H19N3O2S. The minimum Gasteiger partial charge on any atom is -0.457 e. The van der Waals surface area contributed by atoms with Crippen LogP contribution in [0.5, 0.6) is 11.5 Å². The lowest BCUT2D eigenvalue weighted by Crippen LogP contribution is -2.34. The van der Waals surface area contributed by atoms with Gasteiger partial charge in [-0.3, -0.25) is 9.82 Å². The van der Waals surface area contributed by atoms with Crippen molar-refractivity contribution in [2.75, 3.05) is 19.0 Å². The molecule has 0 fully saturated rings. The van der Waals surface area contributed by atoms with Gasteiger partial charge in [-0.15, -0.1) is 0 Å². The summed E-state index contributed by atoms with van der Waals surface area (Å²) in [6.45, 7) is 2.80. The highest BCUT2D eigenvalue weighted by molar-refractivity contribution is 7.80. The van der Waals surface area contributed by atoms with Crippen LogP contribution >= 0.6 is 12.2 Å². The second-order valence-electron chi connectivity index (χ2n) is 4.53. The summed E-state index contributed by atoms with van der Waals surface area (Å²) in [5.74, 6) is 1.46. The lowest BCUT2D eigenvalue weighted by molar-refractivity contribution is -0.0619. The maximum Gasteiger partial charge on any atom is 0.197 e. The highest BCUT2D eigenvalue weighted by Crippen LogP contribution is 2.23. The Morgan fingerprint density at radius 1 is 1.23 bits per heavy atom. The standard InChI is InChI=1S/C16H19N3O2S/c1-3-11-19(20-2)16(22)18-13-5-4-6-15(12-13)21-14-7-9-17-10-8-14/h4-10,12H,3,11H2,1-2H3,(H,18,22). The number of nitrogens with one attached hydrogen (secondary N) is 1. The van der Waals surface area contributed by atoms with Gasteiger partial charge >= 0.3 is 0 Å². The molecule has 0 unspecified atom stereocenters. The second-order valence-corrected chi connectivity index (χ2v) is 4.91. The Morgan fingerprint density at radius 2 is 2.00 bits per heavy atom. The molecule has 0 radical (unpaired) electrons. The first kappa shape index (κ1) is 16.2. The monoisotopic (exact) mass is 317 g/mol. The number of pyridine rings is 1. The molecule has 2 aromatic rings. The number of anilines is 1. The molecule has 0 bridgehead atoms. The summed E-state index contributed by atoms with van der Waals surface area (Å²) in [5.41, 5.74) is 0.842. The predicted octanol–water partition coefficient (Wildman–Crippen LogP) is 3.84. The van der Waals surface area contributed by atoms with Crippen LogP contribution in [0.4, 0.5) is 5.69 Å². The normalized spacial score (nSPS) is 10.1. The summed E-state index contributed by atoms with van der Waals surface area (Å²) >= 11 is 5.34. The van der Waals surface area contributed by atoms with Gasteiger partial charge in [-0.05, 0) is 42.9 Å². The molecule has 6 heteroatoms. The number of nitrogens with zero attached hydrogens (tertiary/aromatic N) is 2. The molecule has 1 aromatic carbocycles. The number of hydroxylamine groups is 2. The Labute approximate surface area is 135 Å². The van der Waals surface area contributed by atoms with Crippen LogP contribution in [0, 0.1) is 0 Å². The average molecular weight is 317 g/mol. The molecule has 0 saturated heterocycles. The van der Waals surface area contributed by atoms with E-state index >= 15 is 0 Å². The van der Waals surface area contributed by atoms with Crippen LogP contribution in [-0.2, 0) is 4.84 Å². The zero-order valence-corrected chi connectivity index (χ0v) is 13.5. The Balaban J connectivity index is 2.03. The van der Waals surface area contributed by atoms with Crippen LogP contribution in [-0.4, -0.2) is 28.8 Å². The van der Waals surface area contributed by atoms with Crippen LogP contribution in [0.2, 0.25) is 0 Å². The summed E-state index contributed by atoms with van der Waals surface area (Å²) < 4.78 is 5.77. The first-order valence-electron chi connectivity index (χ1n) is 7.03. The molecule has 5 nitrogen and oxygen atoms in total. The van der Waals surface area contributed by atoms with Crippen molar-refractivity contribution in [1.82, 2.24) is 10.0 Å². The Kier molecular flexibility index (Phi) is 6.12. The SMILES string of the molecule is CCCN(OC)C(=S)Nc1cccc(Oc2ccncc2)c1. The number of aromatic nitrogens is 1. The van der Waals surface area contributed by atoms with E-state index in [1.165, 1.54) is 0 Å². The molecule has 0 atom stereocenters. The van der Waals surface area contributed by atoms with Crippen molar-refractivity contribution < 1.29 is 9.57 Å². The zero-order valence-electron chi connectivity index (χ0n) is 12.7. The fourth-order valence-electron chi connectivity index (χ4n) is 1.84. The number of rotatable bonds is 6. The number of thiocarbonyl (C=S) groups is 1. The quantitative estimate of drug-likeness (QED) is 0.645. The third-order valence-corrected chi connectivity index (χ3v) is 3.15. The molecule has 0 spiro atoms. The first-order chi connectivity index (χ1) is 10.7. The lowest BCUT2D eigenvalue weighted by atomic mass is 10.3. The van der Waals surface area contributed by atoms with E-state index < -0.39 is 0 Å². The molecule has 1 N–H and O–H groups in total. The van der Waals surface area contributed by atoms with Crippen molar-refractivity contribution in [2.45, 2.75) is 13.3 Å². The third kappa shape index (κ3) is 4.68. The van der Waals surface area contributed by atoms with Crippen molar-refractivity contribution in [3.8, 4) is 11.5 Å². The van der Waals surface area contributed by atoms with Crippen LogP contribution in [0.25, 0.3) is 0 Å². The average Bonchev–Trinajstić information content (AvgIpc) is 2.53. The topological polar surface area (TPSA) is 46.6 Å². The molecular weight excluding hydrogens is 298 g/mol. The summed E-state index contributed by atoms with van der Waals surface area (Å²) in [4.78, 5) is 9.20. The Hall–Kier alpha value is -2.18. The van der Waals surface area contributed by atoms with Gasteiger partial charge in [0.15, 0.2) is 5.11 Å². The highest BCUT2D eigenvalue weighted by atomic mass is 32.1. The summed E-state index contributed by atoms with van der Waals surface area (Å²) in [6, 6.07) is 11.2. The van der Waals surface area contributed by atoms with Gasteiger partial charge in [0.1, 0.15) is 11.5 Å². The van der Waals surface area contributed by atoms with Gasteiger partial charge in [-0.2, -0.15) is 0 Å². The van der Waals surface area contributed by atoms with Crippen molar-refractivity contribution in [1.29, 1.82) is 0 Å². The van der Waals surface area contributed by atoms with Crippen LogP contribution < -0.4 is 10.1 Å². The number of hydrogen-bond donors (Lipinski definition) is 1. The highest BCUT2D eigenvalue weighted by Gasteiger charge is 2.08. The minimum atomic E-state index is 0.519. The van der Waals surface area contributed by atoms with E-state index in [0.717, 1.165) is 30.2 Å². The van der Waals surface area contributed by atoms with Crippen molar-refractivity contribution >= 4 is 23.0 Å². The zero-order chi connectivity index (χ0) is 15.8. The van der Waals surface area contributed by atoms with Gasteiger partial charge < -0.3 is 10.1 Å². The van der Waals surface area contributed by atoms with Crippen molar-refractivity contribution in [3.05, 3.63) is 48.8 Å². The van der Waals surface area contributed by atoms with Gasteiger partial charge in [0, 0.05) is 30.7 Å². The Morgan fingerprint density at radius 3 is 2.68 bits per heavy atom. The maximum atomic E-state index is 5.77. The smallest absolute Gasteiger partial charge is 0.197 e. The minimum absolute atomic E-state index is 0.519. The molecule has 0 amide bonds. The van der Waals surface area contributed by atoms with Crippen molar-refractivity contribution in [3.63, 3.8) is 0 Å². The molecule has 0 aliphatic rings. The molecule has 2 rings (SSSR count). The summed E-state index contributed by atoms with van der Waals surface area (Å²) in [7, 11) is 1.60. The van der Waals surface area contributed by atoms with Crippen LogP contribution in [0.15, 0.2) is 48.8 Å². The van der Waals surface area contributed by atoms with Gasteiger partial charge in [-0.1, -0.05) is 13.0 Å². The molecule has 1 heterocycles. The molecule has 0 aliphatic heterocycles. The molecule has 22 heavy (non-hydrogen) atoms. The van der Waals surface area contributed by atoms with E-state index in [-0.39, 0.29) is 0 Å². The lowest BCUT2D eigenvalue weighted by Gasteiger charge is -2.22. The van der Waals surface area contributed by atoms with E-state index in [0.29, 0.717) is 5.11 Å². The summed E-state index contributed by atoms with van der Waals surface area (Å²) in [6.07, 6.45) is 4.32. The maximum absolute atomic E-state index is 5.77. The fraction of sp³-hybridized carbons (Fsp3) is 0.250. The fourth-order valence-corrected chi connectivity index (χ4v) is 2.13. The number of ether oxygens (including phenoxy) is 1. The molecule has 0 aliphatic carbocycles. The van der Waals surface area contributed by atoms with Gasteiger partial charge in [0.2, 0.25) is 0 Å². The molecule has 0 saturated carbocycles. The number of benzene rings is 1. The van der Waals surface area contributed by atoms with E-state index in [9.17, 15) is 0 Å². The largest absolute Gasteiger partial charge is 0.457 e. The third-order valence-electron chi connectivity index (χ3n) is 2.84. The van der Waals surface area contributed by atoms with E-state index in [4.69, 9.17) is 21.8 Å². The van der Waals surface area contributed by atoms with E-state index in [1.54, 1.807) is 36.7 Å². The predicted molar refractivity (Wildman–Crippen MR) is 91.0 cm³/mol. The van der Waals surface area contributed by atoms with Gasteiger partial charge in [-0.25, -0.2) is 5.06 Å². The summed E-state index contributed by atoms with van der Waals surface area (Å²) in [5, 5.41) is 5.31. The van der Waals surface area contributed by atoms with Crippen LogP contribution in [0.1, 0.15) is 13.3 Å². The first-order valence-corrected chi connectivity index (χ1v) is 7.44. The van der Waals surface area contributed by atoms with E-state index in [2.05, 4.69) is 17.2 Å². The van der Waals surface area contributed by atoms with Gasteiger partial charge in [0.25, 0.3) is 0 Å². The molecule has 116 valence electrons. The van der Waals surface area contributed by atoms with E-state index in [1.807, 2.05) is 24.3 Å². The van der Waals surface area contributed by atoms with Gasteiger partial charge in [0.05, 0.1) is 7.11 Å². The van der Waals surface area contributed by atoms with Crippen molar-refractivity contribution in [2.24, 2.45) is 0 Å².